The van der Waals surface area contributed by atoms with Crippen molar-refractivity contribution >= 4 is 16.8 Å². The number of aryl methyl sites for hydroxylation is 3. The monoisotopic (exact) mass is 376 g/mol. The largest absolute Gasteiger partial charge is 0.338 e. The molecule has 3 heterocycles. The molecule has 1 saturated heterocycles. The molecule has 0 spiro atoms. The highest BCUT2D eigenvalue weighted by molar-refractivity contribution is 6.06. The lowest BCUT2D eigenvalue weighted by atomic mass is 9.96. The third-order valence-corrected chi connectivity index (χ3v) is 5.82. The molecule has 5 nitrogen and oxygen atoms in total. The predicted molar refractivity (Wildman–Crippen MR) is 111 cm³/mol. The number of benzene rings is 1. The number of amides is 1. The lowest BCUT2D eigenvalue weighted by molar-refractivity contribution is 0.0664. The van der Waals surface area contributed by atoms with Crippen LogP contribution < -0.4 is 0 Å². The third-order valence-electron chi connectivity index (χ3n) is 5.82. The SMILES string of the molecule is CCc1ccc2nc(C)cc(C(=O)N3CCC[C@@H](Cn4ccnc4C)C3)c2c1. The second-order valence-electron chi connectivity index (χ2n) is 7.90. The van der Waals surface area contributed by atoms with E-state index in [1.165, 1.54) is 5.56 Å². The Labute approximate surface area is 166 Å². The Balaban J connectivity index is 1.60. The topological polar surface area (TPSA) is 51.0 Å². The summed E-state index contributed by atoms with van der Waals surface area (Å²) < 4.78 is 2.19. The highest BCUT2D eigenvalue weighted by Crippen LogP contribution is 2.25. The van der Waals surface area contributed by atoms with Gasteiger partial charge in [-0.3, -0.25) is 9.78 Å². The van der Waals surface area contributed by atoms with Gasteiger partial charge in [0.2, 0.25) is 0 Å². The van der Waals surface area contributed by atoms with Crippen LogP contribution in [0.1, 0.15) is 47.2 Å². The Kier molecular flexibility index (Phi) is 5.16. The number of fused-ring (bicyclic) bond motifs is 1. The molecule has 1 fully saturated rings. The maximum absolute atomic E-state index is 13.5. The summed E-state index contributed by atoms with van der Waals surface area (Å²) in [6.45, 7) is 8.68. The number of nitrogens with zero attached hydrogens (tertiary/aromatic N) is 4. The van der Waals surface area contributed by atoms with Gasteiger partial charge in [-0.25, -0.2) is 4.98 Å². The number of rotatable bonds is 4. The quantitative estimate of drug-likeness (QED) is 0.687. The fourth-order valence-corrected chi connectivity index (χ4v) is 4.25. The normalized spacial score (nSPS) is 17.2. The van der Waals surface area contributed by atoms with E-state index in [4.69, 9.17) is 0 Å². The number of piperidine rings is 1. The maximum atomic E-state index is 13.5. The number of imidazole rings is 1. The number of aromatic nitrogens is 3. The van der Waals surface area contributed by atoms with Crippen molar-refractivity contribution < 1.29 is 4.79 Å². The average Bonchev–Trinajstić information content (AvgIpc) is 3.11. The van der Waals surface area contributed by atoms with Crippen LogP contribution in [-0.2, 0) is 13.0 Å². The molecular weight excluding hydrogens is 348 g/mol. The van der Waals surface area contributed by atoms with E-state index >= 15 is 0 Å². The summed E-state index contributed by atoms with van der Waals surface area (Å²) in [6.07, 6.45) is 7.03. The van der Waals surface area contributed by atoms with Crippen molar-refractivity contribution in [2.24, 2.45) is 5.92 Å². The van der Waals surface area contributed by atoms with Crippen molar-refractivity contribution in [3.63, 3.8) is 0 Å². The smallest absolute Gasteiger partial charge is 0.254 e. The van der Waals surface area contributed by atoms with Gasteiger partial charge in [0.1, 0.15) is 5.82 Å². The number of likely N-dealkylation sites (tertiary alicyclic amines) is 1. The van der Waals surface area contributed by atoms with E-state index in [9.17, 15) is 4.79 Å². The number of hydrogen-bond acceptors (Lipinski definition) is 3. The summed E-state index contributed by atoms with van der Waals surface area (Å²) in [6, 6.07) is 8.23. The summed E-state index contributed by atoms with van der Waals surface area (Å²) in [7, 11) is 0. The summed E-state index contributed by atoms with van der Waals surface area (Å²) in [4.78, 5) is 24.4. The van der Waals surface area contributed by atoms with E-state index in [1.54, 1.807) is 0 Å². The first-order chi connectivity index (χ1) is 13.5. The highest BCUT2D eigenvalue weighted by Gasteiger charge is 2.26. The Morgan fingerprint density at radius 1 is 1.25 bits per heavy atom. The fraction of sp³-hybridized carbons (Fsp3) is 0.435. The molecule has 146 valence electrons. The minimum atomic E-state index is 0.135. The van der Waals surface area contributed by atoms with Gasteiger partial charge in [0, 0.05) is 43.1 Å². The van der Waals surface area contributed by atoms with Gasteiger partial charge in [0.05, 0.1) is 11.1 Å². The Hall–Kier alpha value is -2.69. The number of carbonyl (C=O) groups excluding carboxylic acids is 1. The van der Waals surface area contributed by atoms with Crippen LogP contribution in [0, 0.1) is 19.8 Å². The van der Waals surface area contributed by atoms with Crippen LogP contribution in [0.5, 0.6) is 0 Å². The maximum Gasteiger partial charge on any atom is 0.254 e. The van der Waals surface area contributed by atoms with Crippen LogP contribution in [0.2, 0.25) is 0 Å². The second kappa shape index (κ2) is 7.74. The fourth-order valence-electron chi connectivity index (χ4n) is 4.25. The molecule has 0 radical (unpaired) electrons. The van der Waals surface area contributed by atoms with Crippen LogP contribution in [0.4, 0.5) is 0 Å². The standard InChI is InChI=1S/C23H28N4O/c1-4-18-7-8-22-20(13-18)21(12-16(2)25-22)23(28)27-10-5-6-19(15-27)14-26-11-9-24-17(26)3/h7-9,11-13,19H,4-6,10,14-15H2,1-3H3/t19-/m0/s1. The second-order valence-corrected chi connectivity index (χ2v) is 7.90. The summed E-state index contributed by atoms with van der Waals surface area (Å²) in [5.74, 6) is 1.63. The lowest BCUT2D eigenvalue weighted by Gasteiger charge is -2.33. The molecule has 1 amide bonds. The van der Waals surface area contributed by atoms with Crippen molar-refractivity contribution in [2.75, 3.05) is 13.1 Å². The first-order valence-electron chi connectivity index (χ1n) is 10.2. The molecule has 0 aliphatic carbocycles. The molecule has 28 heavy (non-hydrogen) atoms. The number of carbonyl (C=O) groups is 1. The van der Waals surface area contributed by atoms with Crippen molar-refractivity contribution in [2.45, 2.75) is 46.6 Å². The zero-order valence-electron chi connectivity index (χ0n) is 17.0. The number of hydrogen-bond donors (Lipinski definition) is 0. The number of pyridine rings is 1. The van der Waals surface area contributed by atoms with Gasteiger partial charge < -0.3 is 9.47 Å². The van der Waals surface area contributed by atoms with Crippen LogP contribution in [0.25, 0.3) is 10.9 Å². The molecule has 0 saturated carbocycles. The predicted octanol–water partition coefficient (Wildman–Crippen LogP) is 4.16. The van der Waals surface area contributed by atoms with Crippen LogP contribution in [-0.4, -0.2) is 38.4 Å². The molecular formula is C23H28N4O. The molecule has 1 atom stereocenters. The minimum Gasteiger partial charge on any atom is -0.338 e. The zero-order chi connectivity index (χ0) is 19.7. The molecule has 4 rings (SSSR count). The Morgan fingerprint density at radius 3 is 2.86 bits per heavy atom. The third kappa shape index (κ3) is 3.66. The molecule has 5 heteroatoms. The Morgan fingerprint density at radius 2 is 2.11 bits per heavy atom. The van der Waals surface area contributed by atoms with Gasteiger partial charge >= 0.3 is 0 Å². The van der Waals surface area contributed by atoms with Crippen molar-refractivity contribution in [1.82, 2.24) is 19.4 Å². The van der Waals surface area contributed by atoms with Crippen LogP contribution in [0.15, 0.2) is 36.7 Å². The van der Waals surface area contributed by atoms with E-state index in [-0.39, 0.29) is 5.91 Å². The Bertz CT molecular complexity index is 1010. The van der Waals surface area contributed by atoms with E-state index in [0.717, 1.165) is 66.9 Å². The molecule has 1 aromatic carbocycles. The van der Waals surface area contributed by atoms with Crippen LogP contribution >= 0.6 is 0 Å². The van der Waals surface area contributed by atoms with E-state index < -0.39 is 0 Å². The van der Waals surface area contributed by atoms with Gasteiger partial charge in [-0.15, -0.1) is 0 Å². The minimum absolute atomic E-state index is 0.135. The average molecular weight is 377 g/mol. The molecule has 3 aromatic rings. The van der Waals surface area contributed by atoms with Gasteiger partial charge in [-0.2, -0.15) is 0 Å². The zero-order valence-corrected chi connectivity index (χ0v) is 17.0. The lowest BCUT2D eigenvalue weighted by Crippen LogP contribution is -2.41. The van der Waals surface area contributed by atoms with Crippen molar-refractivity contribution in [3.8, 4) is 0 Å². The molecule has 0 unspecified atom stereocenters. The van der Waals surface area contributed by atoms with E-state index in [0.29, 0.717) is 5.92 Å². The molecule has 1 aliphatic rings. The van der Waals surface area contributed by atoms with E-state index in [2.05, 4.69) is 33.6 Å². The molecule has 1 aliphatic heterocycles. The molecule has 0 bridgehead atoms. The first-order valence-corrected chi connectivity index (χ1v) is 10.2. The van der Waals surface area contributed by atoms with Gasteiger partial charge in [0.15, 0.2) is 0 Å². The van der Waals surface area contributed by atoms with Crippen molar-refractivity contribution in [1.29, 1.82) is 0 Å². The summed E-state index contributed by atoms with van der Waals surface area (Å²) >= 11 is 0. The van der Waals surface area contributed by atoms with E-state index in [1.807, 2.05) is 43.3 Å². The molecule has 0 N–H and O–H groups in total. The first kappa shape index (κ1) is 18.7. The van der Waals surface area contributed by atoms with Gasteiger partial charge in [0.25, 0.3) is 5.91 Å². The molecule has 2 aromatic heterocycles. The summed E-state index contributed by atoms with van der Waals surface area (Å²) in [5.41, 5.74) is 3.82. The van der Waals surface area contributed by atoms with Gasteiger partial charge in [-0.05, 0) is 62.8 Å². The van der Waals surface area contributed by atoms with Crippen LogP contribution in [0.3, 0.4) is 0 Å². The highest BCUT2D eigenvalue weighted by atomic mass is 16.2. The van der Waals surface area contributed by atoms with Gasteiger partial charge in [-0.1, -0.05) is 13.0 Å². The summed E-state index contributed by atoms with van der Waals surface area (Å²) in [5, 5.41) is 0.975. The van der Waals surface area contributed by atoms with Crippen molar-refractivity contribution in [3.05, 3.63) is 59.3 Å².